The van der Waals surface area contributed by atoms with Crippen molar-refractivity contribution in [2.75, 3.05) is 5.32 Å². The number of rotatable bonds is 6. The number of thiocarbonyl (C=S) groups is 1. The maximum atomic E-state index is 13.2. The molecule has 1 aromatic heterocycles. The van der Waals surface area contributed by atoms with Gasteiger partial charge in [-0.25, -0.2) is 4.39 Å². The average molecular weight is 429 g/mol. The fourth-order valence-corrected chi connectivity index (χ4v) is 3.19. The molecule has 4 nitrogen and oxygen atoms in total. The van der Waals surface area contributed by atoms with Gasteiger partial charge >= 0.3 is 0 Å². The molecule has 0 fully saturated rings. The van der Waals surface area contributed by atoms with Crippen molar-refractivity contribution in [3.63, 3.8) is 0 Å². The quantitative estimate of drug-likeness (QED) is 0.297. The van der Waals surface area contributed by atoms with Crippen molar-refractivity contribution in [1.82, 2.24) is 9.99 Å². The molecule has 2 aromatic carbocycles. The highest BCUT2D eigenvalue weighted by atomic mass is 35.5. The van der Waals surface area contributed by atoms with E-state index in [2.05, 4.69) is 41.8 Å². The zero-order valence-corrected chi connectivity index (χ0v) is 17.8. The summed E-state index contributed by atoms with van der Waals surface area (Å²) in [5, 5.41) is 8.10. The van der Waals surface area contributed by atoms with Gasteiger partial charge in [0.05, 0.1) is 11.9 Å². The van der Waals surface area contributed by atoms with Gasteiger partial charge in [-0.1, -0.05) is 43.6 Å². The summed E-state index contributed by atoms with van der Waals surface area (Å²) >= 11 is 11.4. The second-order valence-corrected chi connectivity index (χ2v) is 7.71. The molecule has 0 saturated carbocycles. The number of aromatic nitrogens is 1. The van der Waals surface area contributed by atoms with Crippen molar-refractivity contribution in [3.8, 4) is 0 Å². The number of hydrogen-bond acceptors (Lipinski definition) is 2. The molecule has 0 aliphatic rings. The SMILES string of the molecule is CC(C)c1ccc(NC(=S)N/N=C\c2cccn2Cc2ccc(F)cc2Cl)cc1. The maximum absolute atomic E-state index is 13.2. The van der Waals surface area contributed by atoms with Crippen LogP contribution in [-0.2, 0) is 6.54 Å². The first-order valence-electron chi connectivity index (χ1n) is 9.21. The zero-order valence-electron chi connectivity index (χ0n) is 16.2. The van der Waals surface area contributed by atoms with Crippen LogP contribution in [0.3, 0.4) is 0 Å². The van der Waals surface area contributed by atoms with E-state index < -0.39 is 0 Å². The van der Waals surface area contributed by atoms with Gasteiger partial charge in [-0.05, 0) is 65.7 Å². The summed E-state index contributed by atoms with van der Waals surface area (Å²) in [5.74, 6) is 0.136. The molecule has 3 rings (SSSR count). The van der Waals surface area contributed by atoms with Crippen LogP contribution < -0.4 is 10.7 Å². The summed E-state index contributed by atoms with van der Waals surface area (Å²) in [4.78, 5) is 0. The van der Waals surface area contributed by atoms with Crippen molar-refractivity contribution < 1.29 is 4.39 Å². The van der Waals surface area contributed by atoms with Crippen molar-refractivity contribution >= 4 is 40.8 Å². The molecule has 7 heteroatoms. The summed E-state index contributed by atoms with van der Waals surface area (Å²) in [6, 6.07) is 16.4. The number of nitrogens with one attached hydrogen (secondary N) is 2. The van der Waals surface area contributed by atoms with Gasteiger partial charge in [0.2, 0.25) is 0 Å². The number of nitrogens with zero attached hydrogens (tertiary/aromatic N) is 2. The predicted octanol–water partition coefficient (Wildman–Crippen LogP) is 5.77. The molecule has 0 bridgehead atoms. The van der Waals surface area contributed by atoms with Crippen molar-refractivity contribution in [1.29, 1.82) is 0 Å². The van der Waals surface area contributed by atoms with Crippen LogP contribution in [0.25, 0.3) is 0 Å². The standard InChI is InChI=1S/C22H22ClFN4S/c1-15(2)16-6-9-19(10-7-16)26-22(29)27-25-13-20-4-3-11-28(20)14-17-5-8-18(24)12-21(17)23/h3-13,15H,14H2,1-2H3,(H2,26,27,29)/b25-13-. The zero-order chi connectivity index (χ0) is 20.8. The number of hydrazone groups is 1. The van der Waals surface area contributed by atoms with E-state index in [1.807, 2.05) is 35.0 Å². The lowest BCUT2D eigenvalue weighted by atomic mass is 10.0. The van der Waals surface area contributed by atoms with Crippen LogP contribution in [0.15, 0.2) is 65.9 Å². The maximum Gasteiger partial charge on any atom is 0.191 e. The molecule has 0 saturated heterocycles. The third-order valence-corrected chi connectivity index (χ3v) is 4.96. The van der Waals surface area contributed by atoms with E-state index in [-0.39, 0.29) is 5.82 Å². The third-order valence-electron chi connectivity index (χ3n) is 4.42. The molecule has 0 aliphatic carbocycles. The van der Waals surface area contributed by atoms with Gasteiger partial charge in [0.25, 0.3) is 0 Å². The first-order valence-corrected chi connectivity index (χ1v) is 10.00. The van der Waals surface area contributed by atoms with E-state index in [1.165, 1.54) is 17.7 Å². The molecular formula is C22H22ClFN4S. The van der Waals surface area contributed by atoms with Crippen LogP contribution in [0.5, 0.6) is 0 Å². The van der Waals surface area contributed by atoms with Gasteiger partial charge in [-0.3, -0.25) is 5.43 Å². The monoisotopic (exact) mass is 428 g/mol. The first-order chi connectivity index (χ1) is 13.9. The van der Waals surface area contributed by atoms with Crippen LogP contribution in [0.4, 0.5) is 10.1 Å². The number of halogens is 2. The Kier molecular flexibility index (Phi) is 7.01. The Labute approximate surface area is 180 Å². The molecule has 29 heavy (non-hydrogen) atoms. The van der Waals surface area contributed by atoms with E-state index in [9.17, 15) is 4.39 Å². The lowest BCUT2D eigenvalue weighted by Crippen LogP contribution is -2.24. The summed E-state index contributed by atoms with van der Waals surface area (Å²) in [7, 11) is 0. The van der Waals surface area contributed by atoms with Gasteiger partial charge in [-0.15, -0.1) is 0 Å². The minimum absolute atomic E-state index is 0.350. The van der Waals surface area contributed by atoms with Crippen LogP contribution in [0.1, 0.15) is 36.6 Å². The van der Waals surface area contributed by atoms with E-state index >= 15 is 0 Å². The Bertz CT molecular complexity index is 1010. The summed E-state index contributed by atoms with van der Waals surface area (Å²) in [6.07, 6.45) is 3.58. The second kappa shape index (κ2) is 9.67. The van der Waals surface area contributed by atoms with Gasteiger partial charge in [0.15, 0.2) is 5.11 Å². The predicted molar refractivity (Wildman–Crippen MR) is 122 cm³/mol. The van der Waals surface area contributed by atoms with Gasteiger partial charge in [-0.2, -0.15) is 5.10 Å². The number of hydrogen-bond donors (Lipinski definition) is 2. The van der Waals surface area contributed by atoms with Crippen molar-refractivity contribution in [3.05, 3.63) is 88.5 Å². The van der Waals surface area contributed by atoms with E-state index in [4.69, 9.17) is 23.8 Å². The number of anilines is 1. The van der Waals surface area contributed by atoms with Gasteiger partial charge in [0, 0.05) is 23.5 Å². The molecular weight excluding hydrogens is 407 g/mol. The Hall–Kier alpha value is -2.70. The van der Waals surface area contributed by atoms with Crippen LogP contribution in [0, 0.1) is 5.82 Å². The topological polar surface area (TPSA) is 41.4 Å². The van der Waals surface area contributed by atoms with E-state index in [0.717, 1.165) is 16.9 Å². The van der Waals surface area contributed by atoms with Gasteiger partial charge < -0.3 is 9.88 Å². The highest BCUT2D eigenvalue weighted by molar-refractivity contribution is 7.80. The average Bonchev–Trinajstić information content (AvgIpc) is 3.11. The normalized spacial score (nSPS) is 11.2. The second-order valence-electron chi connectivity index (χ2n) is 6.90. The molecule has 0 spiro atoms. The molecule has 0 aliphatic heterocycles. The van der Waals surface area contributed by atoms with Crippen LogP contribution >= 0.6 is 23.8 Å². The molecule has 0 atom stereocenters. The molecule has 150 valence electrons. The fourth-order valence-electron chi connectivity index (χ4n) is 2.79. The first kappa shape index (κ1) is 21.0. The molecule has 0 radical (unpaired) electrons. The summed E-state index contributed by atoms with van der Waals surface area (Å²) < 4.78 is 15.2. The van der Waals surface area contributed by atoms with Crippen molar-refractivity contribution in [2.24, 2.45) is 5.10 Å². The lowest BCUT2D eigenvalue weighted by Gasteiger charge is -2.10. The van der Waals surface area contributed by atoms with E-state index in [1.54, 1.807) is 12.3 Å². The lowest BCUT2D eigenvalue weighted by molar-refractivity contribution is 0.626. The summed E-state index contributed by atoms with van der Waals surface area (Å²) in [5.41, 5.74) is 6.68. The fraction of sp³-hybridized carbons (Fsp3) is 0.182. The van der Waals surface area contributed by atoms with Gasteiger partial charge in [0.1, 0.15) is 5.82 Å². The number of benzene rings is 2. The highest BCUT2D eigenvalue weighted by Crippen LogP contribution is 2.19. The van der Waals surface area contributed by atoms with Crippen LogP contribution in [0.2, 0.25) is 5.02 Å². The summed E-state index contributed by atoms with van der Waals surface area (Å²) in [6.45, 7) is 4.82. The molecule has 2 N–H and O–H groups in total. The Morgan fingerprint density at radius 1 is 1.21 bits per heavy atom. The molecule has 3 aromatic rings. The van der Waals surface area contributed by atoms with Crippen molar-refractivity contribution in [2.45, 2.75) is 26.3 Å². The Morgan fingerprint density at radius 3 is 2.66 bits per heavy atom. The van der Waals surface area contributed by atoms with E-state index in [0.29, 0.717) is 22.6 Å². The Morgan fingerprint density at radius 2 is 1.97 bits per heavy atom. The molecule has 1 heterocycles. The largest absolute Gasteiger partial charge is 0.342 e. The highest BCUT2D eigenvalue weighted by Gasteiger charge is 2.05. The molecule has 0 unspecified atom stereocenters. The minimum Gasteiger partial charge on any atom is -0.342 e. The Balaban J connectivity index is 1.58. The third kappa shape index (κ3) is 5.89. The molecule has 0 amide bonds. The minimum atomic E-state index is -0.350. The smallest absolute Gasteiger partial charge is 0.191 e. The van der Waals surface area contributed by atoms with Crippen LogP contribution in [-0.4, -0.2) is 15.9 Å².